The summed E-state index contributed by atoms with van der Waals surface area (Å²) < 4.78 is 3.18. The fourth-order valence-electron chi connectivity index (χ4n) is 1.87. The summed E-state index contributed by atoms with van der Waals surface area (Å²) in [7, 11) is 0. The number of halogens is 1. The first kappa shape index (κ1) is 13.8. The van der Waals surface area contributed by atoms with Crippen molar-refractivity contribution in [1.82, 2.24) is 15.1 Å². The summed E-state index contributed by atoms with van der Waals surface area (Å²) in [6.07, 6.45) is 1.11. The van der Waals surface area contributed by atoms with E-state index in [9.17, 15) is 0 Å². The lowest BCUT2D eigenvalue weighted by atomic mass is 10.3. The van der Waals surface area contributed by atoms with E-state index in [1.807, 2.05) is 18.3 Å². The van der Waals surface area contributed by atoms with E-state index in [-0.39, 0.29) is 0 Å². The van der Waals surface area contributed by atoms with Crippen LogP contribution in [0.4, 0.5) is 0 Å². The molecule has 18 heavy (non-hydrogen) atoms. The maximum atomic E-state index is 4.49. The van der Waals surface area contributed by atoms with Gasteiger partial charge in [0, 0.05) is 23.7 Å². The Balaban J connectivity index is 1.70. The number of nitrogens with zero attached hydrogens (tertiary/aromatic N) is 2. The Hall–Kier alpha value is -0.650. The van der Waals surface area contributed by atoms with Gasteiger partial charge in [-0.3, -0.25) is 4.68 Å². The molecule has 0 saturated carbocycles. The second kappa shape index (κ2) is 6.50. The number of thiophene rings is 1. The summed E-state index contributed by atoms with van der Waals surface area (Å²) in [6, 6.07) is 4.29. The van der Waals surface area contributed by atoms with Crippen LogP contribution in [0.2, 0.25) is 0 Å². The van der Waals surface area contributed by atoms with E-state index >= 15 is 0 Å². The summed E-state index contributed by atoms with van der Waals surface area (Å²) >= 11 is 5.37. The smallest absolute Gasteiger partial charge is 0.0738 e. The first-order valence-corrected chi connectivity index (χ1v) is 7.78. The monoisotopic (exact) mass is 327 g/mol. The van der Waals surface area contributed by atoms with E-state index in [1.54, 1.807) is 0 Å². The quantitative estimate of drug-likeness (QED) is 0.826. The summed E-state index contributed by atoms with van der Waals surface area (Å²) in [4.78, 5) is 1.44. The lowest BCUT2D eigenvalue weighted by Gasteiger charge is -2.06. The van der Waals surface area contributed by atoms with Crippen LogP contribution >= 0.6 is 27.3 Å². The maximum absolute atomic E-state index is 4.49. The van der Waals surface area contributed by atoms with Crippen LogP contribution in [-0.4, -0.2) is 22.9 Å². The summed E-state index contributed by atoms with van der Waals surface area (Å²) in [5.74, 6) is 0. The van der Waals surface area contributed by atoms with Gasteiger partial charge >= 0.3 is 0 Å². The molecule has 3 nitrogen and oxygen atoms in total. The molecule has 2 heterocycles. The third kappa shape index (κ3) is 3.43. The topological polar surface area (TPSA) is 29.9 Å². The van der Waals surface area contributed by atoms with E-state index in [0.29, 0.717) is 0 Å². The van der Waals surface area contributed by atoms with E-state index in [0.717, 1.165) is 36.2 Å². The minimum Gasteiger partial charge on any atom is -0.315 e. The SMILES string of the molecule is Cc1nn(CCNCCc2cccs2)c(C)c1Br. The molecule has 5 heteroatoms. The standard InChI is InChI=1S/C13H18BrN3S/c1-10-13(14)11(2)17(16-10)8-7-15-6-5-12-4-3-9-18-12/h3-4,9,15H,5-8H2,1-2H3. The number of aryl methyl sites for hydroxylation is 1. The predicted octanol–water partition coefficient (Wildman–Crippen LogP) is 3.16. The van der Waals surface area contributed by atoms with Gasteiger partial charge in [0.1, 0.15) is 0 Å². The van der Waals surface area contributed by atoms with Crippen molar-refractivity contribution in [2.45, 2.75) is 26.8 Å². The van der Waals surface area contributed by atoms with Gasteiger partial charge in [0.15, 0.2) is 0 Å². The highest BCUT2D eigenvalue weighted by Crippen LogP contribution is 2.19. The second-order valence-corrected chi connectivity index (χ2v) is 6.11. The van der Waals surface area contributed by atoms with Gasteiger partial charge in [0.25, 0.3) is 0 Å². The highest BCUT2D eigenvalue weighted by molar-refractivity contribution is 9.10. The normalized spacial score (nSPS) is 11.1. The van der Waals surface area contributed by atoms with Gasteiger partial charge in [0.2, 0.25) is 0 Å². The molecule has 1 N–H and O–H groups in total. The average molecular weight is 328 g/mol. The molecule has 2 aromatic rings. The summed E-state index contributed by atoms with van der Waals surface area (Å²) in [5, 5.41) is 10.1. The van der Waals surface area contributed by atoms with Crippen LogP contribution in [0.1, 0.15) is 16.3 Å². The number of hydrogen-bond acceptors (Lipinski definition) is 3. The Morgan fingerprint density at radius 2 is 2.22 bits per heavy atom. The minimum atomic E-state index is 0.919. The third-order valence-electron chi connectivity index (χ3n) is 2.92. The molecule has 0 aliphatic carbocycles. The zero-order chi connectivity index (χ0) is 13.0. The minimum absolute atomic E-state index is 0.919. The zero-order valence-corrected chi connectivity index (χ0v) is 13.1. The number of nitrogens with one attached hydrogen (secondary N) is 1. The van der Waals surface area contributed by atoms with Gasteiger partial charge in [-0.25, -0.2) is 0 Å². The molecule has 98 valence electrons. The molecule has 0 unspecified atom stereocenters. The van der Waals surface area contributed by atoms with Crippen molar-refractivity contribution in [2.75, 3.05) is 13.1 Å². The fourth-order valence-corrected chi connectivity index (χ4v) is 2.86. The van der Waals surface area contributed by atoms with Gasteiger partial charge in [-0.2, -0.15) is 5.10 Å². The predicted molar refractivity (Wildman–Crippen MR) is 80.3 cm³/mol. The van der Waals surface area contributed by atoms with Crippen LogP contribution in [0.15, 0.2) is 22.0 Å². The molecule has 0 aliphatic heterocycles. The molecule has 0 atom stereocenters. The van der Waals surface area contributed by atoms with Crippen molar-refractivity contribution in [3.63, 3.8) is 0 Å². The number of hydrogen-bond donors (Lipinski definition) is 1. The van der Waals surface area contributed by atoms with E-state index in [4.69, 9.17) is 0 Å². The molecule has 0 fully saturated rings. The van der Waals surface area contributed by atoms with Gasteiger partial charge in [0.05, 0.1) is 16.7 Å². The van der Waals surface area contributed by atoms with Gasteiger partial charge in [-0.1, -0.05) is 6.07 Å². The highest BCUT2D eigenvalue weighted by atomic mass is 79.9. The largest absolute Gasteiger partial charge is 0.315 e. The Morgan fingerprint density at radius 1 is 1.39 bits per heavy atom. The summed E-state index contributed by atoms with van der Waals surface area (Å²) in [5.41, 5.74) is 2.26. The lowest BCUT2D eigenvalue weighted by Crippen LogP contribution is -2.23. The average Bonchev–Trinajstić information content (AvgIpc) is 2.95. The Morgan fingerprint density at radius 3 is 2.83 bits per heavy atom. The van der Waals surface area contributed by atoms with Crippen molar-refractivity contribution in [2.24, 2.45) is 0 Å². The first-order valence-electron chi connectivity index (χ1n) is 6.11. The molecule has 2 aromatic heterocycles. The lowest BCUT2D eigenvalue weighted by molar-refractivity contribution is 0.544. The van der Waals surface area contributed by atoms with Gasteiger partial charge in [-0.15, -0.1) is 11.3 Å². The van der Waals surface area contributed by atoms with Gasteiger partial charge < -0.3 is 5.32 Å². The molecular weight excluding hydrogens is 310 g/mol. The van der Waals surface area contributed by atoms with Crippen molar-refractivity contribution in [3.05, 3.63) is 38.3 Å². The molecule has 0 radical (unpaired) electrons. The van der Waals surface area contributed by atoms with Crippen LogP contribution in [-0.2, 0) is 13.0 Å². The Labute approximate surface area is 120 Å². The molecule has 0 spiro atoms. The van der Waals surface area contributed by atoms with E-state index in [2.05, 4.69) is 55.5 Å². The maximum Gasteiger partial charge on any atom is 0.0738 e. The molecule has 0 saturated heterocycles. The van der Waals surface area contributed by atoms with Crippen molar-refractivity contribution < 1.29 is 0 Å². The molecule has 0 bridgehead atoms. The van der Waals surface area contributed by atoms with Gasteiger partial charge in [-0.05, 0) is 47.6 Å². The third-order valence-corrected chi connectivity index (χ3v) is 5.01. The van der Waals surface area contributed by atoms with Crippen LogP contribution in [0.3, 0.4) is 0 Å². The zero-order valence-electron chi connectivity index (χ0n) is 10.7. The number of aromatic nitrogens is 2. The molecule has 0 aliphatic rings. The highest BCUT2D eigenvalue weighted by Gasteiger charge is 2.07. The van der Waals surface area contributed by atoms with Crippen LogP contribution in [0.5, 0.6) is 0 Å². The molecular formula is C13H18BrN3S. The van der Waals surface area contributed by atoms with Crippen LogP contribution in [0, 0.1) is 13.8 Å². The van der Waals surface area contributed by atoms with Crippen molar-refractivity contribution in [3.8, 4) is 0 Å². The number of rotatable bonds is 6. The molecule has 0 amide bonds. The van der Waals surface area contributed by atoms with E-state index < -0.39 is 0 Å². The van der Waals surface area contributed by atoms with Crippen molar-refractivity contribution >= 4 is 27.3 Å². The Bertz CT molecular complexity index is 491. The van der Waals surface area contributed by atoms with E-state index in [1.165, 1.54) is 10.6 Å². The first-order chi connectivity index (χ1) is 8.68. The Kier molecular flexibility index (Phi) is 4.97. The van der Waals surface area contributed by atoms with Crippen molar-refractivity contribution in [1.29, 1.82) is 0 Å². The fraction of sp³-hybridized carbons (Fsp3) is 0.462. The molecule has 0 aromatic carbocycles. The van der Waals surface area contributed by atoms with Crippen LogP contribution < -0.4 is 5.32 Å². The second-order valence-electron chi connectivity index (χ2n) is 4.29. The van der Waals surface area contributed by atoms with Crippen LogP contribution in [0.25, 0.3) is 0 Å². The summed E-state index contributed by atoms with van der Waals surface area (Å²) in [6.45, 7) is 7.02. The molecule has 2 rings (SSSR count).